The number of hydrogen-bond acceptors (Lipinski definition) is 8. The zero-order chi connectivity index (χ0) is 27.3. The number of nitrogens with one attached hydrogen (secondary N) is 1. The lowest BCUT2D eigenvalue weighted by atomic mass is 10.1. The Morgan fingerprint density at radius 1 is 1.05 bits per heavy atom. The Morgan fingerprint density at radius 2 is 1.74 bits per heavy atom. The molecule has 0 radical (unpaired) electrons. The molecule has 1 saturated heterocycles. The van der Waals surface area contributed by atoms with Gasteiger partial charge in [0.15, 0.2) is 0 Å². The Morgan fingerprint density at radius 3 is 2.39 bits per heavy atom. The lowest BCUT2D eigenvalue weighted by Gasteiger charge is -2.37. The number of amides is 1. The molecule has 0 saturated carbocycles. The molecule has 3 aromatic rings. The Labute approximate surface area is 222 Å². The van der Waals surface area contributed by atoms with Crippen LogP contribution in [-0.4, -0.2) is 86.6 Å². The number of aryl methyl sites for hydroxylation is 1. The second-order valence-corrected chi connectivity index (χ2v) is 11.2. The minimum absolute atomic E-state index is 0.0388. The lowest BCUT2D eigenvalue weighted by Crippen LogP contribution is -2.57. The van der Waals surface area contributed by atoms with Gasteiger partial charge < -0.3 is 14.8 Å². The highest BCUT2D eigenvalue weighted by Crippen LogP contribution is 2.21. The lowest BCUT2D eigenvalue weighted by molar-refractivity contribution is -0.147. The van der Waals surface area contributed by atoms with E-state index in [0.717, 1.165) is 22.2 Å². The third kappa shape index (κ3) is 6.66. The number of carbonyl (C=O) groups is 2. The van der Waals surface area contributed by atoms with Crippen LogP contribution in [0.1, 0.15) is 21.6 Å². The van der Waals surface area contributed by atoms with Crippen molar-refractivity contribution in [2.75, 3.05) is 46.1 Å². The molecule has 4 rings (SSSR count). The van der Waals surface area contributed by atoms with Crippen LogP contribution in [0.5, 0.6) is 5.75 Å². The maximum absolute atomic E-state index is 12.8. The van der Waals surface area contributed by atoms with Gasteiger partial charge in [-0.1, -0.05) is 18.2 Å². The molecular formula is C27H32N4O6S. The van der Waals surface area contributed by atoms with E-state index in [1.54, 1.807) is 24.3 Å². The number of hydrogen-bond donors (Lipinski definition) is 1. The summed E-state index contributed by atoms with van der Waals surface area (Å²) < 4.78 is 35.8. The summed E-state index contributed by atoms with van der Waals surface area (Å²) in [5, 5.41) is 3.83. The molecular weight excluding hydrogens is 508 g/mol. The van der Waals surface area contributed by atoms with Gasteiger partial charge in [-0.25, -0.2) is 8.42 Å². The van der Waals surface area contributed by atoms with Gasteiger partial charge in [0, 0.05) is 54.9 Å². The van der Waals surface area contributed by atoms with Crippen molar-refractivity contribution in [3.05, 3.63) is 71.4 Å². The van der Waals surface area contributed by atoms with E-state index in [9.17, 15) is 18.0 Å². The van der Waals surface area contributed by atoms with Gasteiger partial charge in [-0.2, -0.15) is 4.31 Å². The Kier molecular flexibility index (Phi) is 8.60. The molecule has 2 aromatic carbocycles. The van der Waals surface area contributed by atoms with Crippen molar-refractivity contribution in [3.63, 3.8) is 0 Å². The van der Waals surface area contributed by atoms with Crippen LogP contribution in [0.4, 0.5) is 0 Å². The number of nitrogens with zero attached hydrogens (tertiary/aromatic N) is 3. The van der Waals surface area contributed by atoms with Gasteiger partial charge in [-0.05, 0) is 43.3 Å². The monoisotopic (exact) mass is 540 g/mol. The molecule has 202 valence electrons. The average Bonchev–Trinajstić information content (AvgIpc) is 2.91. The summed E-state index contributed by atoms with van der Waals surface area (Å²) in [4.78, 5) is 31.6. The SMILES string of the molecule is COC(=O)C(CNC(=O)c1ccc(OCc2cc(C)nc3ccccc23)cc1)N1CCN(S(C)(=O)=O)CC1. The fourth-order valence-electron chi connectivity index (χ4n) is 4.51. The normalized spacial score (nSPS) is 15.7. The predicted octanol–water partition coefficient (Wildman–Crippen LogP) is 1.97. The van der Waals surface area contributed by atoms with Gasteiger partial charge >= 0.3 is 5.97 Å². The summed E-state index contributed by atoms with van der Waals surface area (Å²) in [5.41, 5.74) is 3.28. The average molecular weight is 541 g/mol. The van der Waals surface area contributed by atoms with Crippen molar-refractivity contribution in [1.29, 1.82) is 0 Å². The first-order chi connectivity index (χ1) is 18.2. The van der Waals surface area contributed by atoms with Crippen LogP contribution in [0.3, 0.4) is 0 Å². The molecule has 1 amide bonds. The topological polar surface area (TPSA) is 118 Å². The first kappa shape index (κ1) is 27.5. The van der Waals surface area contributed by atoms with Crippen molar-refractivity contribution in [1.82, 2.24) is 19.5 Å². The van der Waals surface area contributed by atoms with Gasteiger partial charge in [-0.15, -0.1) is 0 Å². The number of esters is 1. The number of piperazine rings is 1. The summed E-state index contributed by atoms with van der Waals surface area (Å²) in [5.74, 6) is -0.201. The molecule has 1 unspecified atom stereocenters. The van der Waals surface area contributed by atoms with Gasteiger partial charge in [0.25, 0.3) is 5.91 Å². The standard InChI is InChI=1S/C27H32N4O6S/c1-19-16-21(23-6-4-5-7-24(23)29-19)18-37-22-10-8-20(9-11-22)26(32)28-17-25(27(33)36-2)30-12-14-31(15-13-30)38(3,34)35/h4-11,16,25H,12-15,17-18H2,1-3H3,(H,28,32). The van der Waals surface area contributed by atoms with Crippen molar-refractivity contribution in [3.8, 4) is 5.75 Å². The second-order valence-electron chi connectivity index (χ2n) is 9.20. The van der Waals surface area contributed by atoms with E-state index in [1.165, 1.54) is 17.7 Å². The number of para-hydroxylation sites is 1. The highest BCUT2D eigenvalue weighted by Gasteiger charge is 2.32. The number of carbonyl (C=O) groups excluding carboxylic acids is 2. The fraction of sp³-hybridized carbons (Fsp3) is 0.370. The van der Waals surface area contributed by atoms with Gasteiger partial charge in [-0.3, -0.25) is 19.5 Å². The zero-order valence-corrected chi connectivity index (χ0v) is 22.5. The van der Waals surface area contributed by atoms with Crippen LogP contribution in [0.15, 0.2) is 54.6 Å². The quantitative estimate of drug-likeness (QED) is 0.410. The van der Waals surface area contributed by atoms with Gasteiger partial charge in [0.05, 0.1) is 18.9 Å². The molecule has 1 aliphatic rings. The molecule has 0 spiro atoms. The molecule has 2 heterocycles. The highest BCUT2D eigenvalue weighted by molar-refractivity contribution is 7.88. The van der Waals surface area contributed by atoms with E-state index in [0.29, 0.717) is 31.0 Å². The Bertz CT molecular complexity index is 1400. The second kappa shape index (κ2) is 11.9. The summed E-state index contributed by atoms with van der Waals surface area (Å²) in [6.07, 6.45) is 1.17. The molecule has 0 bridgehead atoms. The number of rotatable bonds is 9. The van der Waals surface area contributed by atoms with E-state index >= 15 is 0 Å². The third-order valence-corrected chi connectivity index (χ3v) is 7.86. The summed E-state index contributed by atoms with van der Waals surface area (Å²) in [6.45, 7) is 3.62. The van der Waals surface area contributed by atoms with Crippen molar-refractivity contribution in [2.45, 2.75) is 19.6 Å². The fourth-order valence-corrected chi connectivity index (χ4v) is 5.34. The summed E-state index contributed by atoms with van der Waals surface area (Å²) in [6, 6.07) is 16.0. The molecule has 1 aromatic heterocycles. The van der Waals surface area contributed by atoms with Crippen molar-refractivity contribution >= 4 is 32.8 Å². The first-order valence-corrected chi connectivity index (χ1v) is 14.1. The first-order valence-electron chi connectivity index (χ1n) is 12.3. The van der Waals surface area contributed by atoms with Crippen LogP contribution < -0.4 is 10.1 Å². The van der Waals surface area contributed by atoms with Gasteiger partial charge in [0.2, 0.25) is 10.0 Å². The smallest absolute Gasteiger partial charge is 0.324 e. The van der Waals surface area contributed by atoms with E-state index in [2.05, 4.69) is 10.3 Å². The third-order valence-electron chi connectivity index (χ3n) is 6.55. The number of benzene rings is 2. The number of sulfonamides is 1. The van der Waals surface area contributed by atoms with E-state index in [1.807, 2.05) is 42.2 Å². The van der Waals surface area contributed by atoms with Crippen molar-refractivity contribution < 1.29 is 27.5 Å². The van der Waals surface area contributed by atoms with Crippen LogP contribution in [0.2, 0.25) is 0 Å². The maximum atomic E-state index is 12.8. The number of pyridine rings is 1. The van der Waals surface area contributed by atoms with E-state index < -0.39 is 22.0 Å². The van der Waals surface area contributed by atoms with Crippen LogP contribution >= 0.6 is 0 Å². The zero-order valence-electron chi connectivity index (χ0n) is 21.7. The number of aromatic nitrogens is 1. The highest BCUT2D eigenvalue weighted by atomic mass is 32.2. The largest absolute Gasteiger partial charge is 0.489 e. The Hall–Kier alpha value is -3.54. The predicted molar refractivity (Wildman–Crippen MR) is 143 cm³/mol. The molecule has 1 N–H and O–H groups in total. The van der Waals surface area contributed by atoms with Crippen LogP contribution in [-0.2, 0) is 26.2 Å². The molecule has 1 atom stereocenters. The number of ether oxygens (including phenoxy) is 2. The summed E-state index contributed by atoms with van der Waals surface area (Å²) in [7, 11) is -2.00. The Balaban J connectivity index is 1.34. The van der Waals surface area contributed by atoms with E-state index in [4.69, 9.17) is 9.47 Å². The van der Waals surface area contributed by atoms with Gasteiger partial charge in [0.1, 0.15) is 18.4 Å². The minimum atomic E-state index is -3.29. The van der Waals surface area contributed by atoms with E-state index in [-0.39, 0.29) is 25.5 Å². The molecule has 1 aliphatic heterocycles. The molecule has 10 nitrogen and oxygen atoms in total. The summed E-state index contributed by atoms with van der Waals surface area (Å²) >= 11 is 0. The minimum Gasteiger partial charge on any atom is -0.489 e. The number of methoxy groups -OCH3 is 1. The number of fused-ring (bicyclic) bond motifs is 1. The molecule has 1 fully saturated rings. The molecule has 0 aliphatic carbocycles. The van der Waals surface area contributed by atoms with Crippen LogP contribution in [0.25, 0.3) is 10.9 Å². The molecule has 38 heavy (non-hydrogen) atoms. The maximum Gasteiger partial charge on any atom is 0.324 e. The van der Waals surface area contributed by atoms with Crippen molar-refractivity contribution in [2.24, 2.45) is 0 Å². The molecule has 11 heteroatoms. The van der Waals surface area contributed by atoms with Crippen LogP contribution in [0, 0.1) is 6.92 Å².